The van der Waals surface area contributed by atoms with E-state index in [1.807, 2.05) is 12.3 Å². The molecule has 1 aliphatic carbocycles. The second-order valence-electron chi connectivity index (χ2n) is 10.0. The van der Waals surface area contributed by atoms with E-state index in [-0.39, 0.29) is 6.61 Å². The van der Waals surface area contributed by atoms with Crippen LogP contribution in [0.4, 0.5) is 0 Å². The van der Waals surface area contributed by atoms with E-state index in [9.17, 15) is 5.11 Å². The van der Waals surface area contributed by atoms with Crippen molar-refractivity contribution in [1.82, 2.24) is 24.6 Å². The number of aromatic nitrogens is 5. The summed E-state index contributed by atoms with van der Waals surface area (Å²) in [4.78, 5) is 13.1. The topological polar surface area (TPSA) is 79.1 Å². The van der Waals surface area contributed by atoms with E-state index in [1.165, 1.54) is 62.5 Å². The summed E-state index contributed by atoms with van der Waals surface area (Å²) in [6, 6.07) is 6.44. The van der Waals surface area contributed by atoms with E-state index < -0.39 is 0 Å². The van der Waals surface area contributed by atoms with Crippen LogP contribution in [0, 0.1) is 5.92 Å². The van der Waals surface area contributed by atoms with Crippen LogP contribution in [-0.2, 0) is 6.61 Å². The van der Waals surface area contributed by atoms with Crippen molar-refractivity contribution in [2.24, 2.45) is 5.92 Å². The molecule has 0 amide bonds. The lowest BCUT2D eigenvalue weighted by Gasteiger charge is -2.28. The minimum Gasteiger partial charge on any atom is -0.392 e. The van der Waals surface area contributed by atoms with Crippen LogP contribution in [0.25, 0.3) is 27.9 Å². The van der Waals surface area contributed by atoms with Gasteiger partial charge in [-0.25, -0.2) is 9.50 Å². The summed E-state index contributed by atoms with van der Waals surface area (Å²) in [5.74, 6) is 1.78. The maximum atomic E-state index is 9.89. The first-order valence-electron chi connectivity index (χ1n) is 12.5. The lowest BCUT2D eigenvalue weighted by molar-refractivity contribution is 0.282. The molecular weight excluding hydrogens is 410 g/mol. The van der Waals surface area contributed by atoms with Crippen LogP contribution >= 0.6 is 0 Å². The van der Waals surface area contributed by atoms with Crippen molar-refractivity contribution in [3.8, 4) is 11.3 Å². The predicted octanol–water partition coefficient (Wildman–Crippen LogP) is 6.35. The number of pyridine rings is 2. The summed E-state index contributed by atoms with van der Waals surface area (Å²) in [6.45, 7) is 6.66. The van der Waals surface area contributed by atoms with E-state index in [2.05, 4.69) is 48.0 Å². The van der Waals surface area contributed by atoms with Gasteiger partial charge in [0, 0.05) is 34.5 Å². The second kappa shape index (κ2) is 9.26. The Bertz CT molecular complexity index is 1250. The molecule has 2 N–H and O–H groups in total. The fourth-order valence-corrected chi connectivity index (χ4v) is 5.61. The first kappa shape index (κ1) is 22.1. The number of H-pyrrole nitrogens is 1. The minimum absolute atomic E-state index is 0.0728. The average Bonchev–Trinajstić information content (AvgIpc) is 3.46. The zero-order valence-corrected chi connectivity index (χ0v) is 20.0. The highest BCUT2D eigenvalue weighted by molar-refractivity contribution is 5.88. The molecule has 0 unspecified atom stereocenters. The minimum atomic E-state index is -0.0728. The summed E-state index contributed by atoms with van der Waals surface area (Å²) >= 11 is 0. The second-order valence-corrected chi connectivity index (χ2v) is 10.0. The van der Waals surface area contributed by atoms with Gasteiger partial charge < -0.3 is 10.1 Å². The molecule has 0 aromatic carbocycles. The molecule has 1 saturated carbocycles. The van der Waals surface area contributed by atoms with Crippen LogP contribution in [0.1, 0.15) is 94.4 Å². The summed E-state index contributed by atoms with van der Waals surface area (Å²) < 4.78 is 1.74. The van der Waals surface area contributed by atoms with Crippen molar-refractivity contribution in [3.63, 3.8) is 0 Å². The molecule has 0 aliphatic heterocycles. The molecule has 4 aromatic rings. The highest BCUT2D eigenvalue weighted by atomic mass is 16.3. The Balaban J connectivity index is 1.51. The van der Waals surface area contributed by atoms with Gasteiger partial charge in [0.25, 0.3) is 0 Å². The Morgan fingerprint density at radius 3 is 2.73 bits per heavy atom. The number of fused-ring (bicyclic) bond motifs is 2. The first-order valence-corrected chi connectivity index (χ1v) is 12.5. The number of hydrogen-bond donors (Lipinski definition) is 2. The zero-order valence-electron chi connectivity index (χ0n) is 20.0. The first-order chi connectivity index (χ1) is 16.1. The van der Waals surface area contributed by atoms with Gasteiger partial charge in [-0.2, -0.15) is 5.10 Å². The van der Waals surface area contributed by atoms with Gasteiger partial charge in [0.15, 0.2) is 5.65 Å². The van der Waals surface area contributed by atoms with Crippen LogP contribution < -0.4 is 0 Å². The Morgan fingerprint density at radius 1 is 1.18 bits per heavy atom. The number of aliphatic hydroxyl groups excluding tert-OH is 1. The van der Waals surface area contributed by atoms with Gasteiger partial charge in [0.1, 0.15) is 6.33 Å². The molecule has 174 valence electrons. The molecule has 0 atom stereocenters. The summed E-state index contributed by atoms with van der Waals surface area (Å²) in [6.07, 6.45) is 12.7. The number of unbranched alkanes of at least 4 members (excludes halogenated alkanes) is 1. The number of aromatic amines is 1. The maximum Gasteiger partial charge on any atom is 0.160 e. The Hall–Kier alpha value is -2.73. The van der Waals surface area contributed by atoms with E-state index in [1.54, 1.807) is 4.52 Å². The molecule has 6 nitrogen and oxygen atoms in total. The quantitative estimate of drug-likeness (QED) is 0.347. The molecule has 0 radical (unpaired) electrons. The van der Waals surface area contributed by atoms with Gasteiger partial charge in [-0.3, -0.25) is 4.98 Å². The molecule has 4 heterocycles. The molecule has 33 heavy (non-hydrogen) atoms. The molecule has 5 rings (SSSR count). The third-order valence-electron chi connectivity index (χ3n) is 7.42. The standard InChI is InChI=1S/C27H35N5O/c1-4-5-6-18-7-9-19(10-8-18)22-11-12-23-26(30-22)24(17(2)3)25(31-23)20-13-21(15-33)27-28-16-29-32(27)14-20/h11-14,16-19,31,33H,4-10,15H2,1-3H3. The normalized spacial score (nSPS) is 19.2. The largest absolute Gasteiger partial charge is 0.392 e. The zero-order chi connectivity index (χ0) is 22.9. The third-order valence-corrected chi connectivity index (χ3v) is 7.42. The molecule has 0 bridgehead atoms. The SMILES string of the molecule is CCCCC1CCC(c2ccc3[nH]c(-c4cc(CO)c5ncnn5c4)c(C(C)C)c3n2)CC1. The summed E-state index contributed by atoms with van der Waals surface area (Å²) in [5.41, 5.74) is 8.13. The van der Waals surface area contributed by atoms with Gasteiger partial charge >= 0.3 is 0 Å². The van der Waals surface area contributed by atoms with Crippen LogP contribution in [0.3, 0.4) is 0 Å². The Morgan fingerprint density at radius 2 is 2.00 bits per heavy atom. The van der Waals surface area contributed by atoms with Crippen LogP contribution in [0.15, 0.2) is 30.7 Å². The lowest BCUT2D eigenvalue weighted by Crippen LogP contribution is -2.14. The fraction of sp³-hybridized carbons (Fsp3) is 0.519. The highest BCUT2D eigenvalue weighted by Crippen LogP contribution is 2.40. The lowest BCUT2D eigenvalue weighted by atomic mass is 9.78. The van der Waals surface area contributed by atoms with E-state index >= 15 is 0 Å². The van der Waals surface area contributed by atoms with Crippen molar-refractivity contribution in [2.75, 3.05) is 0 Å². The number of nitrogens with one attached hydrogen (secondary N) is 1. The van der Waals surface area contributed by atoms with Gasteiger partial charge in [0.2, 0.25) is 0 Å². The molecule has 4 aromatic heterocycles. The molecule has 6 heteroatoms. The van der Waals surface area contributed by atoms with Gasteiger partial charge in [-0.15, -0.1) is 0 Å². The molecule has 0 saturated heterocycles. The van der Waals surface area contributed by atoms with Gasteiger partial charge in [-0.05, 0) is 55.7 Å². The average molecular weight is 446 g/mol. The third kappa shape index (κ3) is 4.17. The van der Waals surface area contributed by atoms with Crippen LogP contribution in [0.5, 0.6) is 0 Å². The fourth-order valence-electron chi connectivity index (χ4n) is 5.61. The molecule has 1 fully saturated rings. The number of aliphatic hydroxyl groups is 1. The van der Waals surface area contributed by atoms with E-state index in [0.717, 1.165) is 33.8 Å². The highest BCUT2D eigenvalue weighted by Gasteiger charge is 2.25. The van der Waals surface area contributed by atoms with Crippen molar-refractivity contribution in [3.05, 3.63) is 47.5 Å². The number of rotatable bonds is 7. The summed E-state index contributed by atoms with van der Waals surface area (Å²) in [5, 5.41) is 14.2. The Labute approximate surface area is 195 Å². The van der Waals surface area contributed by atoms with E-state index in [0.29, 0.717) is 17.5 Å². The molecule has 0 spiro atoms. The number of nitrogens with zero attached hydrogens (tertiary/aromatic N) is 4. The maximum absolute atomic E-state index is 9.89. The predicted molar refractivity (Wildman–Crippen MR) is 132 cm³/mol. The van der Waals surface area contributed by atoms with Crippen molar-refractivity contribution in [2.45, 2.75) is 84.2 Å². The van der Waals surface area contributed by atoms with Crippen molar-refractivity contribution in [1.29, 1.82) is 0 Å². The van der Waals surface area contributed by atoms with E-state index in [4.69, 9.17) is 4.98 Å². The van der Waals surface area contributed by atoms with Crippen LogP contribution in [-0.4, -0.2) is 29.7 Å². The monoisotopic (exact) mass is 445 g/mol. The smallest absolute Gasteiger partial charge is 0.160 e. The van der Waals surface area contributed by atoms with Crippen LogP contribution in [0.2, 0.25) is 0 Å². The van der Waals surface area contributed by atoms with Gasteiger partial charge in [-0.1, -0.05) is 40.0 Å². The van der Waals surface area contributed by atoms with Crippen molar-refractivity contribution >= 4 is 16.7 Å². The number of hydrogen-bond acceptors (Lipinski definition) is 4. The molecular formula is C27H35N5O. The van der Waals surface area contributed by atoms with Gasteiger partial charge in [0.05, 0.1) is 23.3 Å². The Kier molecular flexibility index (Phi) is 6.19. The summed E-state index contributed by atoms with van der Waals surface area (Å²) in [7, 11) is 0. The van der Waals surface area contributed by atoms with Crippen molar-refractivity contribution < 1.29 is 5.11 Å². The molecule has 1 aliphatic rings.